The summed E-state index contributed by atoms with van der Waals surface area (Å²) >= 11 is 16.7. The van der Waals surface area contributed by atoms with Gasteiger partial charge in [0, 0.05) is 14.2 Å². The largest absolute Gasteiger partial charge is 0.395 e. The first-order chi connectivity index (χ1) is 4.37. The van der Waals surface area contributed by atoms with E-state index in [0.717, 1.165) is 0 Å². The predicted octanol–water partition coefficient (Wildman–Crippen LogP) is 2.26. The lowest BCUT2D eigenvalue weighted by Gasteiger charge is -2.29. The Kier molecular flexibility index (Phi) is 3.97. The molecule has 0 saturated carbocycles. The van der Waals surface area contributed by atoms with Gasteiger partial charge in [0.25, 0.3) is 0 Å². The number of halogens is 3. The Morgan fingerprint density at radius 1 is 1.10 bits per heavy atom. The minimum absolute atomic E-state index is 1.43. The summed E-state index contributed by atoms with van der Waals surface area (Å²) in [6, 6.07) is 0. The van der Waals surface area contributed by atoms with Crippen LogP contribution in [0.25, 0.3) is 0 Å². The lowest BCUT2D eigenvalue weighted by Crippen LogP contribution is -2.49. The fourth-order valence-corrected chi connectivity index (χ4v) is 2.33. The molecule has 0 atom stereocenters. The van der Waals surface area contributed by atoms with Crippen LogP contribution in [0.3, 0.4) is 0 Å². The molecule has 0 fully saturated rings. The Morgan fingerprint density at radius 3 is 1.40 bits per heavy atom. The quantitative estimate of drug-likeness (QED) is 0.528. The molecule has 0 aliphatic rings. The Bertz CT molecular complexity index is 110. The van der Waals surface area contributed by atoms with Crippen LogP contribution in [-0.2, 0) is 8.85 Å². The summed E-state index contributed by atoms with van der Waals surface area (Å²) in [7, 11) is 0.337. The zero-order chi connectivity index (χ0) is 8.41. The van der Waals surface area contributed by atoms with Crippen LogP contribution in [-0.4, -0.2) is 26.2 Å². The number of alkyl halides is 3. The van der Waals surface area contributed by atoms with Crippen molar-refractivity contribution < 1.29 is 8.85 Å². The molecule has 0 N–H and O–H groups in total. The molecule has 0 amide bonds. The van der Waals surface area contributed by atoms with Crippen LogP contribution in [0.4, 0.5) is 0 Å². The summed E-state index contributed by atoms with van der Waals surface area (Å²) in [6.07, 6.45) is 0. The molecule has 0 aromatic carbocycles. The monoisotopic (exact) mass is 222 g/mol. The van der Waals surface area contributed by atoms with E-state index in [-0.39, 0.29) is 0 Å². The minimum Gasteiger partial charge on any atom is -0.395 e. The van der Waals surface area contributed by atoms with Gasteiger partial charge < -0.3 is 8.85 Å². The van der Waals surface area contributed by atoms with Crippen molar-refractivity contribution in [2.45, 2.75) is 9.96 Å². The first-order valence-corrected chi connectivity index (χ1v) is 5.99. The van der Waals surface area contributed by atoms with Gasteiger partial charge >= 0.3 is 8.56 Å². The SMILES string of the molecule is CO[Si](C)(OC)C(Cl)(Cl)Cl. The second-order valence-corrected chi connectivity index (χ2v) is 8.54. The van der Waals surface area contributed by atoms with E-state index >= 15 is 0 Å². The number of hydrogen-bond acceptors (Lipinski definition) is 2. The minimum atomic E-state index is -2.60. The highest BCUT2D eigenvalue weighted by Crippen LogP contribution is 2.37. The highest BCUT2D eigenvalue weighted by molar-refractivity contribution is 6.98. The van der Waals surface area contributed by atoms with Gasteiger partial charge in [-0.3, -0.25) is 0 Å². The second kappa shape index (κ2) is 3.60. The average Bonchev–Trinajstić information content (AvgIpc) is 1.84. The van der Waals surface area contributed by atoms with E-state index in [9.17, 15) is 0 Å². The number of rotatable bonds is 2. The smallest absolute Gasteiger partial charge is 0.388 e. The van der Waals surface area contributed by atoms with Crippen molar-refractivity contribution in [2.75, 3.05) is 14.2 Å². The maximum absolute atomic E-state index is 5.58. The normalized spacial score (nSPS) is 13.8. The van der Waals surface area contributed by atoms with Crippen molar-refractivity contribution >= 4 is 43.4 Å². The van der Waals surface area contributed by atoms with Crippen LogP contribution in [0.1, 0.15) is 0 Å². The van der Waals surface area contributed by atoms with Crippen molar-refractivity contribution in [1.82, 2.24) is 0 Å². The molecule has 0 spiro atoms. The third kappa shape index (κ3) is 2.25. The molecule has 0 heterocycles. The van der Waals surface area contributed by atoms with Crippen LogP contribution in [0, 0.1) is 0 Å². The average molecular weight is 224 g/mol. The van der Waals surface area contributed by atoms with Crippen molar-refractivity contribution in [1.29, 1.82) is 0 Å². The third-order valence-electron chi connectivity index (χ3n) is 1.29. The van der Waals surface area contributed by atoms with Crippen LogP contribution in [0.2, 0.25) is 6.55 Å². The molecule has 0 radical (unpaired) electrons. The van der Waals surface area contributed by atoms with E-state index in [4.69, 9.17) is 43.7 Å². The maximum Gasteiger partial charge on any atom is 0.388 e. The molecule has 2 nitrogen and oxygen atoms in total. The Hall–Kier alpha value is 1.01. The summed E-state index contributed by atoms with van der Waals surface area (Å²) in [5.41, 5.74) is 0. The summed E-state index contributed by atoms with van der Waals surface area (Å²) in [6.45, 7) is 1.68. The van der Waals surface area contributed by atoms with Crippen LogP contribution < -0.4 is 0 Å². The molecule has 10 heavy (non-hydrogen) atoms. The first-order valence-electron chi connectivity index (χ1n) is 2.54. The fraction of sp³-hybridized carbons (Fsp3) is 1.00. The molecule has 0 unspecified atom stereocenters. The Morgan fingerprint density at radius 2 is 1.40 bits per heavy atom. The van der Waals surface area contributed by atoms with Gasteiger partial charge in [-0.25, -0.2) is 0 Å². The first kappa shape index (κ1) is 11.0. The highest BCUT2D eigenvalue weighted by Gasteiger charge is 2.50. The maximum atomic E-state index is 5.58. The van der Waals surface area contributed by atoms with Gasteiger partial charge in [-0.15, -0.1) is 0 Å². The standard InChI is InChI=1S/C4H9Cl3O2Si/c1-8-10(3,9-2)4(5,6)7/h1-3H3. The predicted molar refractivity (Wildman–Crippen MR) is 45.9 cm³/mol. The van der Waals surface area contributed by atoms with Gasteiger partial charge in [0.2, 0.25) is 3.42 Å². The van der Waals surface area contributed by atoms with Crippen LogP contribution in [0.15, 0.2) is 0 Å². The molecule has 0 aliphatic heterocycles. The highest BCUT2D eigenvalue weighted by atomic mass is 35.6. The van der Waals surface area contributed by atoms with Gasteiger partial charge in [0.05, 0.1) is 0 Å². The van der Waals surface area contributed by atoms with E-state index < -0.39 is 12.0 Å². The van der Waals surface area contributed by atoms with Gasteiger partial charge in [-0.05, 0) is 6.55 Å². The molecule has 0 bridgehead atoms. The van der Waals surface area contributed by atoms with Crippen LogP contribution >= 0.6 is 34.8 Å². The lowest BCUT2D eigenvalue weighted by atomic mass is 11.8. The molecule has 0 saturated heterocycles. The summed E-state index contributed by atoms with van der Waals surface area (Å²) in [4.78, 5) is 0. The van der Waals surface area contributed by atoms with Gasteiger partial charge in [0.15, 0.2) is 0 Å². The molecule has 6 heteroatoms. The lowest BCUT2D eigenvalue weighted by molar-refractivity contribution is 0.250. The van der Waals surface area contributed by atoms with Crippen molar-refractivity contribution in [3.63, 3.8) is 0 Å². The Balaban J connectivity index is 4.33. The Labute approximate surface area is 76.6 Å². The molecule has 0 rings (SSSR count). The fourth-order valence-electron chi connectivity index (χ4n) is 0.315. The van der Waals surface area contributed by atoms with Crippen molar-refractivity contribution in [2.24, 2.45) is 0 Å². The zero-order valence-corrected chi connectivity index (χ0v) is 9.22. The van der Waals surface area contributed by atoms with Gasteiger partial charge in [-0.1, -0.05) is 34.8 Å². The molecule has 62 valence electrons. The van der Waals surface area contributed by atoms with Crippen molar-refractivity contribution in [3.8, 4) is 0 Å². The molecule has 0 aromatic heterocycles. The number of hydrogen-bond donors (Lipinski definition) is 0. The van der Waals surface area contributed by atoms with Crippen molar-refractivity contribution in [3.05, 3.63) is 0 Å². The van der Waals surface area contributed by atoms with Gasteiger partial charge in [-0.2, -0.15) is 0 Å². The third-order valence-corrected chi connectivity index (χ3v) is 6.97. The topological polar surface area (TPSA) is 18.5 Å². The zero-order valence-electron chi connectivity index (χ0n) is 5.95. The molecule has 0 aliphatic carbocycles. The second-order valence-electron chi connectivity index (χ2n) is 1.85. The van der Waals surface area contributed by atoms with Crippen LogP contribution in [0.5, 0.6) is 0 Å². The summed E-state index contributed by atoms with van der Waals surface area (Å²) in [5.74, 6) is 0. The van der Waals surface area contributed by atoms with E-state index in [0.29, 0.717) is 0 Å². The molecule has 0 aromatic rings. The van der Waals surface area contributed by atoms with Gasteiger partial charge in [0.1, 0.15) is 0 Å². The van der Waals surface area contributed by atoms with E-state index in [1.807, 2.05) is 0 Å². The van der Waals surface area contributed by atoms with E-state index in [1.54, 1.807) is 6.55 Å². The summed E-state index contributed by atoms with van der Waals surface area (Å²) < 4.78 is 8.51. The molecular formula is C4H9Cl3O2Si. The van der Waals surface area contributed by atoms with E-state index in [1.165, 1.54) is 14.2 Å². The molecular weight excluding hydrogens is 214 g/mol. The summed E-state index contributed by atoms with van der Waals surface area (Å²) in [5, 5.41) is 0. The van der Waals surface area contributed by atoms with E-state index in [2.05, 4.69) is 0 Å².